The molecule has 0 saturated carbocycles. The van der Waals surface area contributed by atoms with Crippen molar-refractivity contribution in [2.45, 2.75) is 18.9 Å². The smallest absolute Gasteiger partial charge is 0.150 e. The third-order valence-corrected chi connectivity index (χ3v) is 4.65. The monoisotopic (exact) mass is 318 g/mol. The number of rotatable bonds is 3. The molecule has 4 N–H and O–H groups in total. The predicted octanol–water partition coefficient (Wildman–Crippen LogP) is 3.65. The van der Waals surface area contributed by atoms with E-state index in [4.69, 9.17) is 10.7 Å². The summed E-state index contributed by atoms with van der Waals surface area (Å²) < 4.78 is 0. The molecule has 4 rings (SSSR count). The molecule has 1 saturated heterocycles. The summed E-state index contributed by atoms with van der Waals surface area (Å²) in [5.74, 6) is 0.799. The molecule has 0 unspecified atom stereocenters. The van der Waals surface area contributed by atoms with Crippen LogP contribution >= 0.6 is 0 Å². The number of hydrogen-bond acceptors (Lipinski definition) is 4. The van der Waals surface area contributed by atoms with Crippen molar-refractivity contribution in [2.24, 2.45) is 0 Å². The van der Waals surface area contributed by atoms with E-state index in [0.717, 1.165) is 43.0 Å². The van der Waals surface area contributed by atoms with Crippen LogP contribution in [-0.4, -0.2) is 24.1 Å². The molecule has 2 heterocycles. The molecule has 1 aromatic heterocycles. The zero-order valence-electron chi connectivity index (χ0n) is 13.6. The van der Waals surface area contributed by atoms with E-state index in [-0.39, 0.29) is 0 Å². The number of hydrogen-bond donors (Lipinski definition) is 3. The number of aromatic nitrogens is 1. The van der Waals surface area contributed by atoms with E-state index in [0.29, 0.717) is 11.7 Å². The number of benzene rings is 2. The van der Waals surface area contributed by atoms with Gasteiger partial charge in [0, 0.05) is 11.6 Å². The average molecular weight is 318 g/mol. The molecular weight excluding hydrogens is 296 g/mol. The van der Waals surface area contributed by atoms with Gasteiger partial charge in [0.1, 0.15) is 5.82 Å². The number of nitrogens with two attached hydrogens (primary N) is 1. The van der Waals surface area contributed by atoms with Crippen LogP contribution in [0.3, 0.4) is 0 Å². The highest BCUT2D eigenvalue weighted by atomic mass is 15.1. The van der Waals surface area contributed by atoms with Crippen LogP contribution in [0.4, 0.5) is 11.5 Å². The molecule has 24 heavy (non-hydrogen) atoms. The van der Waals surface area contributed by atoms with Crippen LogP contribution < -0.4 is 16.4 Å². The zero-order chi connectivity index (χ0) is 16.4. The lowest BCUT2D eigenvalue weighted by Crippen LogP contribution is -2.35. The van der Waals surface area contributed by atoms with Crippen molar-refractivity contribution in [1.29, 1.82) is 0 Å². The van der Waals surface area contributed by atoms with Gasteiger partial charge in [0.2, 0.25) is 0 Å². The zero-order valence-corrected chi connectivity index (χ0v) is 13.6. The number of nitrogens with zero attached hydrogens (tertiary/aromatic N) is 1. The fourth-order valence-electron chi connectivity index (χ4n) is 3.25. The van der Waals surface area contributed by atoms with Gasteiger partial charge in [0.05, 0.1) is 11.4 Å². The van der Waals surface area contributed by atoms with Crippen molar-refractivity contribution in [2.75, 3.05) is 24.1 Å². The second-order valence-corrected chi connectivity index (χ2v) is 6.36. The molecule has 1 aliphatic heterocycles. The molecule has 122 valence electrons. The number of pyridine rings is 1. The van der Waals surface area contributed by atoms with E-state index in [9.17, 15) is 0 Å². The maximum absolute atomic E-state index is 6.13. The normalized spacial score (nSPS) is 15.5. The summed E-state index contributed by atoms with van der Waals surface area (Å²) in [4.78, 5) is 4.79. The van der Waals surface area contributed by atoms with Gasteiger partial charge in [0.25, 0.3) is 0 Å². The topological polar surface area (TPSA) is 63.0 Å². The van der Waals surface area contributed by atoms with Gasteiger partial charge in [-0.2, -0.15) is 0 Å². The van der Waals surface area contributed by atoms with Gasteiger partial charge < -0.3 is 16.4 Å². The number of nitrogen functional groups attached to an aromatic ring is 1. The van der Waals surface area contributed by atoms with Crippen molar-refractivity contribution in [3.8, 4) is 11.3 Å². The van der Waals surface area contributed by atoms with Crippen molar-refractivity contribution >= 4 is 22.3 Å². The van der Waals surface area contributed by atoms with E-state index < -0.39 is 0 Å². The Morgan fingerprint density at radius 2 is 1.75 bits per heavy atom. The molecule has 3 aromatic rings. The molecule has 0 atom stereocenters. The quantitative estimate of drug-likeness (QED) is 0.690. The Hall–Kier alpha value is -2.59. The average Bonchev–Trinajstić information content (AvgIpc) is 2.64. The van der Waals surface area contributed by atoms with E-state index >= 15 is 0 Å². The molecule has 2 aromatic carbocycles. The Labute approximate surface area is 142 Å². The molecular formula is C20H22N4. The maximum Gasteiger partial charge on any atom is 0.150 e. The third kappa shape index (κ3) is 3.05. The van der Waals surface area contributed by atoms with Crippen LogP contribution in [0.25, 0.3) is 22.0 Å². The van der Waals surface area contributed by atoms with Gasteiger partial charge in [-0.1, -0.05) is 36.4 Å². The number of piperidine rings is 1. The SMILES string of the molecule is Nc1ccc(-c2ccc3ccccc3c2)nc1NC1CCNCC1. The van der Waals surface area contributed by atoms with E-state index in [1.54, 1.807) is 0 Å². The lowest BCUT2D eigenvalue weighted by Gasteiger charge is -2.25. The second kappa shape index (κ2) is 6.49. The lowest BCUT2D eigenvalue weighted by molar-refractivity contribution is 0.478. The van der Waals surface area contributed by atoms with Gasteiger partial charge in [-0.05, 0) is 54.9 Å². The van der Waals surface area contributed by atoms with Gasteiger partial charge in [-0.3, -0.25) is 0 Å². The van der Waals surface area contributed by atoms with Crippen LogP contribution in [0.1, 0.15) is 12.8 Å². The summed E-state index contributed by atoms with van der Waals surface area (Å²) in [5.41, 5.74) is 8.90. The Morgan fingerprint density at radius 3 is 2.58 bits per heavy atom. The van der Waals surface area contributed by atoms with Crippen molar-refractivity contribution in [3.05, 3.63) is 54.6 Å². The molecule has 4 nitrogen and oxygen atoms in total. The number of fused-ring (bicyclic) bond motifs is 1. The van der Waals surface area contributed by atoms with Crippen LogP contribution in [0.5, 0.6) is 0 Å². The maximum atomic E-state index is 6.13. The highest BCUT2D eigenvalue weighted by molar-refractivity contribution is 5.87. The van der Waals surface area contributed by atoms with Crippen molar-refractivity contribution in [1.82, 2.24) is 10.3 Å². The molecule has 0 aliphatic carbocycles. The molecule has 0 spiro atoms. The molecule has 1 aliphatic rings. The molecule has 1 fully saturated rings. The first kappa shape index (κ1) is 15.0. The van der Waals surface area contributed by atoms with E-state index in [2.05, 4.69) is 53.1 Å². The molecule has 0 radical (unpaired) electrons. The Kier molecular flexibility index (Phi) is 4.05. The van der Waals surface area contributed by atoms with Crippen LogP contribution in [0, 0.1) is 0 Å². The van der Waals surface area contributed by atoms with E-state index in [1.807, 2.05) is 12.1 Å². The van der Waals surface area contributed by atoms with Crippen molar-refractivity contribution in [3.63, 3.8) is 0 Å². The second-order valence-electron chi connectivity index (χ2n) is 6.36. The highest BCUT2D eigenvalue weighted by Gasteiger charge is 2.15. The fourth-order valence-corrected chi connectivity index (χ4v) is 3.25. The predicted molar refractivity (Wildman–Crippen MR) is 101 cm³/mol. The highest BCUT2D eigenvalue weighted by Crippen LogP contribution is 2.27. The Morgan fingerprint density at radius 1 is 0.958 bits per heavy atom. The van der Waals surface area contributed by atoms with Gasteiger partial charge in [-0.15, -0.1) is 0 Å². The van der Waals surface area contributed by atoms with Crippen LogP contribution in [-0.2, 0) is 0 Å². The summed E-state index contributed by atoms with van der Waals surface area (Å²) in [6, 6.07) is 19.2. The summed E-state index contributed by atoms with van der Waals surface area (Å²) in [7, 11) is 0. The Bertz CT molecular complexity index is 853. The summed E-state index contributed by atoms with van der Waals surface area (Å²) in [5, 5.41) is 9.36. The van der Waals surface area contributed by atoms with Gasteiger partial charge in [0.15, 0.2) is 0 Å². The summed E-state index contributed by atoms with van der Waals surface area (Å²) in [6.07, 6.45) is 2.20. The number of nitrogens with one attached hydrogen (secondary N) is 2. The molecule has 0 bridgehead atoms. The number of anilines is 2. The molecule has 4 heteroatoms. The minimum atomic E-state index is 0.438. The first-order valence-electron chi connectivity index (χ1n) is 8.52. The third-order valence-electron chi connectivity index (χ3n) is 4.65. The minimum Gasteiger partial charge on any atom is -0.396 e. The van der Waals surface area contributed by atoms with E-state index in [1.165, 1.54) is 10.8 Å². The first-order chi connectivity index (χ1) is 11.8. The minimum absolute atomic E-state index is 0.438. The van der Waals surface area contributed by atoms with Crippen molar-refractivity contribution < 1.29 is 0 Å². The van der Waals surface area contributed by atoms with Gasteiger partial charge >= 0.3 is 0 Å². The standard InChI is InChI=1S/C20H22N4/c21-18-7-8-19(24-20(18)23-17-9-11-22-12-10-17)16-6-5-14-3-1-2-4-15(14)13-16/h1-8,13,17,22H,9-12,21H2,(H,23,24). The molecule has 0 amide bonds. The Balaban J connectivity index is 1.65. The van der Waals surface area contributed by atoms with Crippen LogP contribution in [0.2, 0.25) is 0 Å². The fraction of sp³-hybridized carbons (Fsp3) is 0.250. The largest absolute Gasteiger partial charge is 0.396 e. The van der Waals surface area contributed by atoms with Gasteiger partial charge in [-0.25, -0.2) is 4.98 Å². The summed E-state index contributed by atoms with van der Waals surface area (Å²) in [6.45, 7) is 2.09. The summed E-state index contributed by atoms with van der Waals surface area (Å²) >= 11 is 0. The first-order valence-corrected chi connectivity index (χ1v) is 8.52. The lowest BCUT2D eigenvalue weighted by atomic mass is 10.0. The van der Waals surface area contributed by atoms with Crippen LogP contribution in [0.15, 0.2) is 54.6 Å².